The van der Waals surface area contributed by atoms with E-state index in [0.29, 0.717) is 12.2 Å². The summed E-state index contributed by atoms with van der Waals surface area (Å²) in [6.07, 6.45) is 13.6. The maximum atomic E-state index is 11.1. The minimum Gasteiger partial charge on any atom is -0.478 e. The monoisotopic (exact) mass is 304 g/mol. The first-order valence-corrected chi connectivity index (χ1v) is 7.71. The molecule has 0 aliphatic heterocycles. The average molecular weight is 304 g/mol. The number of hydrogen-bond acceptors (Lipinski definition) is 3. The van der Waals surface area contributed by atoms with Crippen molar-refractivity contribution >= 4 is 11.9 Å². The summed E-state index contributed by atoms with van der Waals surface area (Å²) in [5, 5.41) is 9.16. The summed E-state index contributed by atoms with van der Waals surface area (Å²) in [6, 6.07) is 0. The highest BCUT2D eigenvalue weighted by Gasteiger charge is 2.17. The van der Waals surface area contributed by atoms with Crippen LogP contribution in [0.4, 0.5) is 0 Å². The maximum absolute atomic E-state index is 11.1. The van der Waals surface area contributed by atoms with Crippen LogP contribution in [-0.4, -0.2) is 23.7 Å². The lowest BCUT2D eigenvalue weighted by atomic mass is 10.0. The van der Waals surface area contributed by atoms with Crippen LogP contribution in [-0.2, 0) is 14.3 Å². The topological polar surface area (TPSA) is 63.6 Å². The van der Waals surface area contributed by atoms with Crippen LogP contribution in [0.5, 0.6) is 0 Å². The zero-order valence-corrected chi connectivity index (χ0v) is 13.1. The van der Waals surface area contributed by atoms with Crippen LogP contribution in [0.15, 0.2) is 47.6 Å². The Kier molecular flexibility index (Phi) is 7.97. The van der Waals surface area contributed by atoms with E-state index < -0.39 is 5.97 Å². The highest BCUT2D eigenvalue weighted by atomic mass is 16.5. The van der Waals surface area contributed by atoms with Crippen molar-refractivity contribution < 1.29 is 19.4 Å². The van der Waals surface area contributed by atoms with Gasteiger partial charge in [0, 0.05) is 6.08 Å². The van der Waals surface area contributed by atoms with E-state index >= 15 is 0 Å². The fourth-order valence-electron chi connectivity index (χ4n) is 2.42. The van der Waals surface area contributed by atoms with E-state index in [4.69, 9.17) is 5.11 Å². The first kappa shape index (κ1) is 18.0. The molecule has 0 aromatic heterocycles. The van der Waals surface area contributed by atoms with Gasteiger partial charge in [-0.1, -0.05) is 24.3 Å². The van der Waals surface area contributed by atoms with E-state index in [1.807, 2.05) is 6.08 Å². The largest absolute Gasteiger partial charge is 0.478 e. The van der Waals surface area contributed by atoms with Crippen molar-refractivity contribution in [2.75, 3.05) is 6.61 Å². The molecule has 0 heterocycles. The molecule has 0 saturated carbocycles. The molecular weight excluding hydrogens is 280 g/mol. The van der Waals surface area contributed by atoms with Gasteiger partial charge in [0.1, 0.15) is 0 Å². The minimum absolute atomic E-state index is 0.359. The molecule has 2 aliphatic carbocycles. The Morgan fingerprint density at radius 3 is 2.36 bits per heavy atom. The summed E-state index contributed by atoms with van der Waals surface area (Å²) in [5.41, 5.74) is 2.73. The number of carbonyl (C=O) groups excluding carboxylic acids is 1. The molecular formula is C18H24O4. The molecule has 0 amide bonds. The predicted octanol–water partition coefficient (Wildman–Crippen LogP) is 3.95. The Bertz CT molecular complexity index is 509. The minimum atomic E-state index is -0.782. The van der Waals surface area contributed by atoms with Gasteiger partial charge in [0.05, 0.1) is 12.2 Å². The summed E-state index contributed by atoms with van der Waals surface area (Å²) in [7, 11) is 0. The third kappa shape index (κ3) is 6.12. The van der Waals surface area contributed by atoms with Gasteiger partial charge >= 0.3 is 11.9 Å². The van der Waals surface area contributed by atoms with Crippen molar-refractivity contribution in [2.45, 2.75) is 45.4 Å². The number of rotatable bonds is 5. The van der Waals surface area contributed by atoms with Gasteiger partial charge in [-0.15, -0.1) is 0 Å². The standard InChI is InChI=1S/C13H16O2.C5H8O2/c14-13(15)12(11-7-3-4-8-11)9-10-5-1-2-6-10;1-3-5(6)7-4-2/h5,7,9H,1-4,6,8H2,(H,14,15);3H,1,4H2,2H3. The van der Waals surface area contributed by atoms with Gasteiger partial charge in [0.2, 0.25) is 0 Å². The molecule has 0 unspecified atom stereocenters. The van der Waals surface area contributed by atoms with Gasteiger partial charge in [-0.05, 0) is 57.1 Å². The van der Waals surface area contributed by atoms with Crippen molar-refractivity contribution in [3.63, 3.8) is 0 Å². The average Bonchev–Trinajstić information content (AvgIpc) is 3.18. The summed E-state index contributed by atoms with van der Waals surface area (Å²) in [6.45, 7) is 5.38. The van der Waals surface area contributed by atoms with Crippen molar-refractivity contribution in [3.05, 3.63) is 47.6 Å². The van der Waals surface area contributed by atoms with Crippen LogP contribution in [0, 0.1) is 0 Å². The highest BCUT2D eigenvalue weighted by molar-refractivity contribution is 5.92. The van der Waals surface area contributed by atoms with Gasteiger partial charge in [0.25, 0.3) is 0 Å². The summed E-state index contributed by atoms with van der Waals surface area (Å²) < 4.78 is 4.43. The Balaban J connectivity index is 0.000000295. The fraction of sp³-hybridized carbons (Fsp3) is 0.444. The number of carboxylic acids is 1. The number of carbonyl (C=O) groups is 2. The van der Waals surface area contributed by atoms with Crippen LogP contribution < -0.4 is 0 Å². The molecule has 0 aromatic carbocycles. The molecule has 4 nitrogen and oxygen atoms in total. The Morgan fingerprint density at radius 2 is 1.95 bits per heavy atom. The molecule has 0 saturated heterocycles. The van der Waals surface area contributed by atoms with Crippen LogP contribution in [0.2, 0.25) is 0 Å². The molecule has 0 fully saturated rings. The Labute approximate surface area is 131 Å². The van der Waals surface area contributed by atoms with E-state index in [9.17, 15) is 9.59 Å². The fourth-order valence-corrected chi connectivity index (χ4v) is 2.42. The molecule has 120 valence electrons. The summed E-state index contributed by atoms with van der Waals surface area (Å²) in [5.74, 6) is -1.14. The molecule has 0 atom stereocenters. The predicted molar refractivity (Wildman–Crippen MR) is 86.4 cm³/mol. The van der Waals surface area contributed by atoms with Crippen molar-refractivity contribution in [2.24, 2.45) is 0 Å². The molecule has 4 heteroatoms. The first-order chi connectivity index (χ1) is 10.6. The third-order valence-corrected chi connectivity index (χ3v) is 3.48. The number of esters is 1. The molecule has 22 heavy (non-hydrogen) atoms. The van der Waals surface area contributed by atoms with Gasteiger partial charge in [-0.25, -0.2) is 9.59 Å². The second kappa shape index (κ2) is 9.77. The summed E-state index contributed by atoms with van der Waals surface area (Å²) in [4.78, 5) is 21.2. The van der Waals surface area contributed by atoms with E-state index in [0.717, 1.165) is 50.2 Å². The summed E-state index contributed by atoms with van der Waals surface area (Å²) >= 11 is 0. The normalized spacial score (nSPS) is 17.0. The second-order valence-corrected chi connectivity index (χ2v) is 5.11. The van der Waals surface area contributed by atoms with Crippen LogP contribution in [0.25, 0.3) is 0 Å². The molecule has 0 aromatic rings. The number of ether oxygens (including phenoxy) is 1. The SMILES string of the molecule is C=CC(=O)OCC.O=C(O)C(=CC1=CCCC1)C1=CCCC1. The van der Waals surface area contributed by atoms with Gasteiger partial charge in [0.15, 0.2) is 0 Å². The lowest BCUT2D eigenvalue weighted by Crippen LogP contribution is -2.03. The van der Waals surface area contributed by atoms with Crippen molar-refractivity contribution in [1.82, 2.24) is 0 Å². The van der Waals surface area contributed by atoms with E-state index in [-0.39, 0.29) is 5.97 Å². The van der Waals surface area contributed by atoms with E-state index in [1.54, 1.807) is 6.92 Å². The Hall–Kier alpha value is -2.10. The maximum Gasteiger partial charge on any atom is 0.335 e. The number of aliphatic carboxylic acids is 1. The smallest absolute Gasteiger partial charge is 0.335 e. The number of allylic oxidation sites excluding steroid dienone is 4. The molecule has 0 spiro atoms. The number of carboxylic acid groups (broad SMARTS) is 1. The van der Waals surface area contributed by atoms with Crippen LogP contribution in [0.3, 0.4) is 0 Å². The van der Waals surface area contributed by atoms with Gasteiger partial charge < -0.3 is 9.84 Å². The first-order valence-electron chi connectivity index (χ1n) is 7.71. The lowest BCUT2D eigenvalue weighted by Gasteiger charge is -2.03. The van der Waals surface area contributed by atoms with Crippen molar-refractivity contribution in [3.8, 4) is 0 Å². The third-order valence-electron chi connectivity index (χ3n) is 3.48. The lowest BCUT2D eigenvalue weighted by molar-refractivity contribution is -0.137. The van der Waals surface area contributed by atoms with Gasteiger partial charge in [-0.3, -0.25) is 0 Å². The molecule has 2 aliphatic rings. The highest BCUT2D eigenvalue weighted by Crippen LogP contribution is 2.28. The molecule has 1 N–H and O–H groups in total. The molecule has 2 rings (SSSR count). The molecule has 0 bridgehead atoms. The number of hydrogen-bond donors (Lipinski definition) is 1. The van der Waals surface area contributed by atoms with Crippen LogP contribution >= 0.6 is 0 Å². The quantitative estimate of drug-likeness (QED) is 0.617. The van der Waals surface area contributed by atoms with E-state index in [2.05, 4.69) is 23.5 Å². The van der Waals surface area contributed by atoms with Crippen molar-refractivity contribution in [1.29, 1.82) is 0 Å². The molecule has 0 radical (unpaired) electrons. The zero-order valence-electron chi connectivity index (χ0n) is 13.1. The Morgan fingerprint density at radius 1 is 1.27 bits per heavy atom. The zero-order chi connectivity index (χ0) is 16.4. The van der Waals surface area contributed by atoms with Crippen LogP contribution in [0.1, 0.15) is 45.4 Å². The van der Waals surface area contributed by atoms with E-state index in [1.165, 1.54) is 5.57 Å². The van der Waals surface area contributed by atoms with Gasteiger partial charge in [-0.2, -0.15) is 0 Å². The second-order valence-electron chi connectivity index (χ2n) is 5.11.